The molecule has 0 amide bonds. The smallest absolute Gasteiger partial charge is 0.0541 e. The molecule has 0 aromatic heterocycles. The zero-order chi connectivity index (χ0) is 12.3. The van der Waals surface area contributed by atoms with Crippen molar-refractivity contribution < 1.29 is 5.11 Å². The van der Waals surface area contributed by atoms with E-state index in [1.807, 2.05) is 0 Å². The molecule has 1 heterocycles. The highest BCUT2D eigenvalue weighted by molar-refractivity contribution is 4.82. The zero-order valence-electron chi connectivity index (χ0n) is 11.6. The average Bonchev–Trinajstić information content (AvgIpc) is 2.55. The van der Waals surface area contributed by atoms with E-state index in [0.29, 0.717) is 0 Å². The second-order valence-electron chi connectivity index (χ2n) is 6.43. The highest BCUT2D eigenvalue weighted by Crippen LogP contribution is 2.29. The molecule has 1 saturated carbocycles. The van der Waals surface area contributed by atoms with Crippen LogP contribution >= 0.6 is 0 Å². The normalized spacial score (nSPS) is 37.1. The molecule has 0 aromatic carbocycles. The maximum atomic E-state index is 9.58. The van der Waals surface area contributed by atoms with Crippen LogP contribution in [0.5, 0.6) is 0 Å². The summed E-state index contributed by atoms with van der Waals surface area (Å²) >= 11 is 0. The SMILES string of the molecule is CC(C)C1CCCN(C2CCC(O)CC2)CC1. The van der Waals surface area contributed by atoms with Crippen molar-refractivity contribution in [1.29, 1.82) is 0 Å². The van der Waals surface area contributed by atoms with Gasteiger partial charge >= 0.3 is 0 Å². The van der Waals surface area contributed by atoms with Gasteiger partial charge in [-0.15, -0.1) is 0 Å². The molecule has 1 aliphatic heterocycles. The van der Waals surface area contributed by atoms with Crippen LogP contribution in [-0.4, -0.2) is 35.2 Å². The Morgan fingerprint density at radius 2 is 1.65 bits per heavy atom. The Morgan fingerprint density at radius 3 is 2.29 bits per heavy atom. The van der Waals surface area contributed by atoms with Crippen molar-refractivity contribution in [2.24, 2.45) is 11.8 Å². The lowest BCUT2D eigenvalue weighted by atomic mass is 9.89. The summed E-state index contributed by atoms with van der Waals surface area (Å²) in [7, 11) is 0. The molecule has 1 aliphatic carbocycles. The molecule has 2 aliphatic rings. The Balaban J connectivity index is 1.82. The van der Waals surface area contributed by atoms with Gasteiger partial charge in [-0.2, -0.15) is 0 Å². The van der Waals surface area contributed by atoms with Crippen LogP contribution in [0, 0.1) is 11.8 Å². The third-order valence-corrected chi connectivity index (χ3v) is 4.93. The summed E-state index contributed by atoms with van der Waals surface area (Å²) in [5.74, 6) is 1.79. The van der Waals surface area contributed by atoms with E-state index in [1.165, 1.54) is 45.2 Å². The Morgan fingerprint density at radius 1 is 0.941 bits per heavy atom. The van der Waals surface area contributed by atoms with E-state index in [-0.39, 0.29) is 6.10 Å². The van der Waals surface area contributed by atoms with Crippen molar-refractivity contribution in [3.05, 3.63) is 0 Å². The van der Waals surface area contributed by atoms with Gasteiger partial charge in [-0.1, -0.05) is 13.8 Å². The van der Waals surface area contributed by atoms with Gasteiger partial charge in [0.05, 0.1) is 6.10 Å². The minimum Gasteiger partial charge on any atom is -0.393 e. The van der Waals surface area contributed by atoms with Crippen molar-refractivity contribution in [2.45, 2.75) is 70.9 Å². The summed E-state index contributed by atoms with van der Waals surface area (Å²) in [5, 5.41) is 9.58. The summed E-state index contributed by atoms with van der Waals surface area (Å²) in [5.41, 5.74) is 0. The number of nitrogens with zero attached hydrogens (tertiary/aromatic N) is 1. The quantitative estimate of drug-likeness (QED) is 0.800. The Labute approximate surface area is 106 Å². The number of rotatable bonds is 2. The molecule has 0 radical (unpaired) electrons. The minimum atomic E-state index is -0.0124. The summed E-state index contributed by atoms with van der Waals surface area (Å²) in [6, 6.07) is 0.768. The molecule has 1 unspecified atom stereocenters. The number of hydrogen-bond donors (Lipinski definition) is 1. The van der Waals surface area contributed by atoms with Gasteiger partial charge in [-0.25, -0.2) is 0 Å². The summed E-state index contributed by atoms with van der Waals surface area (Å²) < 4.78 is 0. The van der Waals surface area contributed by atoms with E-state index in [0.717, 1.165) is 30.7 Å². The maximum Gasteiger partial charge on any atom is 0.0541 e. The molecule has 1 N–H and O–H groups in total. The lowest BCUT2D eigenvalue weighted by Crippen LogP contribution is -2.39. The first kappa shape index (κ1) is 13.4. The third kappa shape index (κ3) is 3.69. The Bertz CT molecular complexity index is 221. The third-order valence-electron chi connectivity index (χ3n) is 4.93. The minimum absolute atomic E-state index is 0.0124. The van der Waals surface area contributed by atoms with Gasteiger partial charge in [0.1, 0.15) is 0 Å². The highest BCUT2D eigenvalue weighted by Gasteiger charge is 2.27. The first-order valence-electron chi connectivity index (χ1n) is 7.59. The predicted molar refractivity (Wildman–Crippen MR) is 72.0 cm³/mol. The van der Waals surface area contributed by atoms with Crippen LogP contribution in [0.25, 0.3) is 0 Å². The second kappa shape index (κ2) is 6.19. The second-order valence-corrected chi connectivity index (χ2v) is 6.43. The van der Waals surface area contributed by atoms with E-state index in [2.05, 4.69) is 18.7 Å². The predicted octanol–water partition coefficient (Wildman–Crippen LogP) is 3.05. The summed E-state index contributed by atoms with van der Waals surface area (Å²) in [6.45, 7) is 7.34. The van der Waals surface area contributed by atoms with Gasteiger partial charge in [0.2, 0.25) is 0 Å². The fourth-order valence-corrected chi connectivity index (χ4v) is 3.60. The van der Waals surface area contributed by atoms with Crippen molar-refractivity contribution in [2.75, 3.05) is 13.1 Å². The fourth-order valence-electron chi connectivity index (χ4n) is 3.60. The molecule has 100 valence electrons. The number of aliphatic hydroxyl groups excluding tert-OH is 1. The van der Waals surface area contributed by atoms with Gasteiger partial charge in [-0.05, 0) is 69.9 Å². The summed E-state index contributed by atoms with van der Waals surface area (Å²) in [6.07, 6.45) is 8.65. The van der Waals surface area contributed by atoms with Gasteiger partial charge in [0, 0.05) is 6.04 Å². The van der Waals surface area contributed by atoms with Gasteiger partial charge in [-0.3, -0.25) is 0 Å². The molecule has 0 aromatic rings. The molecular formula is C15H29NO. The zero-order valence-corrected chi connectivity index (χ0v) is 11.6. The van der Waals surface area contributed by atoms with E-state index in [4.69, 9.17) is 0 Å². The maximum absolute atomic E-state index is 9.58. The topological polar surface area (TPSA) is 23.5 Å². The molecule has 2 nitrogen and oxygen atoms in total. The van der Waals surface area contributed by atoms with Gasteiger partial charge in [0.25, 0.3) is 0 Å². The standard InChI is InChI=1S/C15H29NO/c1-12(2)13-4-3-10-16(11-9-13)14-5-7-15(17)8-6-14/h12-15,17H,3-11H2,1-2H3. The van der Waals surface area contributed by atoms with Crippen LogP contribution in [0.4, 0.5) is 0 Å². The van der Waals surface area contributed by atoms with Crippen LogP contribution in [0.2, 0.25) is 0 Å². The summed E-state index contributed by atoms with van der Waals surface area (Å²) in [4.78, 5) is 2.72. The van der Waals surface area contributed by atoms with Crippen LogP contribution in [0.15, 0.2) is 0 Å². The highest BCUT2D eigenvalue weighted by atomic mass is 16.3. The van der Waals surface area contributed by atoms with E-state index >= 15 is 0 Å². The molecule has 2 rings (SSSR count). The molecule has 17 heavy (non-hydrogen) atoms. The lowest BCUT2D eigenvalue weighted by molar-refractivity contribution is 0.0744. The number of hydrogen-bond acceptors (Lipinski definition) is 2. The van der Waals surface area contributed by atoms with Crippen molar-refractivity contribution in [1.82, 2.24) is 4.90 Å². The number of aliphatic hydroxyl groups is 1. The average molecular weight is 239 g/mol. The fraction of sp³-hybridized carbons (Fsp3) is 1.00. The molecule has 2 heteroatoms. The van der Waals surface area contributed by atoms with E-state index < -0.39 is 0 Å². The van der Waals surface area contributed by atoms with Crippen molar-refractivity contribution in [3.8, 4) is 0 Å². The van der Waals surface area contributed by atoms with Crippen LogP contribution in [0.1, 0.15) is 58.8 Å². The molecule has 1 saturated heterocycles. The van der Waals surface area contributed by atoms with Crippen LogP contribution < -0.4 is 0 Å². The van der Waals surface area contributed by atoms with Crippen molar-refractivity contribution >= 4 is 0 Å². The Kier molecular flexibility index (Phi) is 4.87. The Hall–Kier alpha value is -0.0800. The number of likely N-dealkylation sites (tertiary alicyclic amines) is 1. The molecule has 0 bridgehead atoms. The molecule has 1 atom stereocenters. The van der Waals surface area contributed by atoms with Crippen LogP contribution in [0.3, 0.4) is 0 Å². The van der Waals surface area contributed by atoms with Gasteiger partial charge < -0.3 is 10.0 Å². The van der Waals surface area contributed by atoms with E-state index in [1.54, 1.807) is 0 Å². The largest absolute Gasteiger partial charge is 0.393 e. The van der Waals surface area contributed by atoms with Gasteiger partial charge in [0.15, 0.2) is 0 Å². The van der Waals surface area contributed by atoms with E-state index in [9.17, 15) is 5.11 Å². The van der Waals surface area contributed by atoms with Crippen molar-refractivity contribution in [3.63, 3.8) is 0 Å². The first-order chi connectivity index (χ1) is 8.16. The molecule has 0 spiro atoms. The lowest BCUT2D eigenvalue weighted by Gasteiger charge is -2.35. The monoisotopic (exact) mass is 239 g/mol. The van der Waals surface area contributed by atoms with Crippen LogP contribution in [-0.2, 0) is 0 Å². The molecular weight excluding hydrogens is 210 g/mol. The first-order valence-corrected chi connectivity index (χ1v) is 7.59. The molecule has 2 fully saturated rings.